The van der Waals surface area contributed by atoms with E-state index in [0.717, 1.165) is 5.56 Å². The Morgan fingerprint density at radius 3 is 2.25 bits per heavy atom. The molecule has 0 saturated carbocycles. The minimum absolute atomic E-state index is 0.0367. The molecule has 0 fully saturated rings. The lowest BCUT2D eigenvalue weighted by Crippen LogP contribution is -2.36. The second-order valence-corrected chi connectivity index (χ2v) is 7.07. The van der Waals surface area contributed by atoms with Crippen molar-refractivity contribution in [1.29, 1.82) is 0 Å². The van der Waals surface area contributed by atoms with Crippen LogP contribution in [0.25, 0.3) is 0 Å². The second kappa shape index (κ2) is 5.80. The van der Waals surface area contributed by atoms with Gasteiger partial charge in [-0.2, -0.15) is 4.31 Å². The molecule has 5 heteroatoms. The Morgan fingerprint density at radius 2 is 1.81 bits per heavy atom. The molecule has 0 amide bonds. The molecular weight excluding hydrogens is 290 g/mol. The Balaban J connectivity index is 2.90. The van der Waals surface area contributed by atoms with Crippen LogP contribution in [0.3, 0.4) is 0 Å². The van der Waals surface area contributed by atoms with Gasteiger partial charge in [-0.15, -0.1) is 0 Å². The van der Waals surface area contributed by atoms with E-state index in [4.69, 9.17) is 0 Å². The van der Waals surface area contributed by atoms with Gasteiger partial charge in [-0.25, -0.2) is 8.42 Å². The van der Waals surface area contributed by atoms with E-state index in [0.29, 0.717) is 6.54 Å². The van der Waals surface area contributed by atoms with Gasteiger partial charge in [0.25, 0.3) is 0 Å². The van der Waals surface area contributed by atoms with Crippen LogP contribution < -0.4 is 0 Å². The van der Waals surface area contributed by atoms with Gasteiger partial charge in [0.1, 0.15) is 4.66 Å². The van der Waals surface area contributed by atoms with E-state index < -0.39 is 10.0 Å². The summed E-state index contributed by atoms with van der Waals surface area (Å²) in [7, 11) is -3.21. The highest BCUT2D eigenvalue weighted by Crippen LogP contribution is 2.14. The Kier molecular flexibility index (Phi) is 4.95. The summed E-state index contributed by atoms with van der Waals surface area (Å²) >= 11 is 3.02. The Bertz CT molecular complexity index is 417. The Morgan fingerprint density at radius 1 is 1.25 bits per heavy atom. The molecule has 90 valence electrons. The maximum Gasteiger partial charge on any atom is 0.224 e. The first-order valence-corrected chi connectivity index (χ1v) is 7.80. The smallest absolute Gasteiger partial charge is 0.211 e. The lowest BCUT2D eigenvalue weighted by molar-refractivity contribution is 0.350. The van der Waals surface area contributed by atoms with Gasteiger partial charge in [-0.3, -0.25) is 0 Å². The van der Waals surface area contributed by atoms with Crippen molar-refractivity contribution in [2.45, 2.75) is 26.4 Å². The molecule has 0 radical (unpaired) electrons. The maximum absolute atomic E-state index is 11.8. The van der Waals surface area contributed by atoms with E-state index in [1.54, 1.807) is 0 Å². The number of hydrogen-bond donors (Lipinski definition) is 0. The summed E-state index contributed by atoms with van der Waals surface area (Å²) in [5.74, 6) is 0. The zero-order valence-corrected chi connectivity index (χ0v) is 11.8. The summed E-state index contributed by atoms with van der Waals surface area (Å²) in [6.45, 7) is 4.18. The molecule has 1 rings (SSSR count). The molecule has 0 atom stereocenters. The fourth-order valence-corrected chi connectivity index (χ4v) is 3.33. The first kappa shape index (κ1) is 13.7. The summed E-state index contributed by atoms with van der Waals surface area (Å²) in [5, 5.41) is 0. The first-order chi connectivity index (χ1) is 7.47. The number of rotatable bonds is 5. The van der Waals surface area contributed by atoms with E-state index >= 15 is 0 Å². The monoisotopic (exact) mass is 305 g/mol. The van der Waals surface area contributed by atoms with Gasteiger partial charge in [0.05, 0.1) is 0 Å². The molecule has 0 saturated heterocycles. The summed E-state index contributed by atoms with van der Waals surface area (Å²) in [6.07, 6.45) is 0. The van der Waals surface area contributed by atoms with Crippen LogP contribution in [0.15, 0.2) is 30.3 Å². The highest BCUT2D eigenvalue weighted by Gasteiger charge is 2.23. The number of benzene rings is 1. The van der Waals surface area contributed by atoms with Crippen LogP contribution in [0.5, 0.6) is 0 Å². The molecule has 16 heavy (non-hydrogen) atoms. The standard InChI is InChI=1S/C11H16BrNO2S/c1-10(2)13(16(14,15)9-12)8-11-6-4-3-5-7-11/h3-7,10H,8-9H2,1-2H3. The second-order valence-electron chi connectivity index (χ2n) is 3.85. The molecule has 0 unspecified atom stereocenters. The van der Waals surface area contributed by atoms with Gasteiger partial charge in [0, 0.05) is 12.6 Å². The molecule has 0 spiro atoms. The summed E-state index contributed by atoms with van der Waals surface area (Å²) in [6, 6.07) is 9.56. The normalized spacial score (nSPS) is 12.3. The molecule has 1 aromatic rings. The van der Waals surface area contributed by atoms with Gasteiger partial charge in [-0.1, -0.05) is 46.3 Å². The van der Waals surface area contributed by atoms with Crippen LogP contribution >= 0.6 is 15.9 Å². The molecule has 0 aromatic heterocycles. The third-order valence-electron chi connectivity index (χ3n) is 2.25. The van der Waals surface area contributed by atoms with Gasteiger partial charge in [0.15, 0.2) is 0 Å². The summed E-state index contributed by atoms with van der Waals surface area (Å²) < 4.78 is 25.1. The highest BCUT2D eigenvalue weighted by atomic mass is 79.9. The number of alkyl halides is 1. The van der Waals surface area contributed by atoms with Crippen LogP contribution in [0, 0.1) is 0 Å². The molecule has 0 aliphatic rings. The van der Waals surface area contributed by atoms with E-state index in [1.165, 1.54) is 4.31 Å². The SMILES string of the molecule is CC(C)N(Cc1ccccc1)S(=O)(=O)CBr. The fraction of sp³-hybridized carbons (Fsp3) is 0.455. The molecule has 0 N–H and O–H groups in total. The Labute approximate surface area is 106 Å². The van der Waals surface area contributed by atoms with Gasteiger partial charge in [-0.05, 0) is 19.4 Å². The zero-order chi connectivity index (χ0) is 12.2. The van der Waals surface area contributed by atoms with Crippen molar-refractivity contribution in [2.75, 3.05) is 4.66 Å². The number of halogens is 1. The van der Waals surface area contributed by atoms with Crippen molar-refractivity contribution in [3.8, 4) is 0 Å². The van der Waals surface area contributed by atoms with Crippen molar-refractivity contribution in [2.24, 2.45) is 0 Å². The van der Waals surface area contributed by atoms with E-state index in [2.05, 4.69) is 15.9 Å². The van der Waals surface area contributed by atoms with Gasteiger partial charge < -0.3 is 0 Å². The third-order valence-corrected chi connectivity index (χ3v) is 5.53. The Hall–Kier alpha value is -0.390. The average molecular weight is 306 g/mol. The van der Waals surface area contributed by atoms with E-state index in [-0.39, 0.29) is 10.7 Å². The van der Waals surface area contributed by atoms with Crippen molar-refractivity contribution in [3.05, 3.63) is 35.9 Å². The molecular formula is C11H16BrNO2S. The van der Waals surface area contributed by atoms with Crippen LogP contribution in [0.2, 0.25) is 0 Å². The van der Waals surface area contributed by atoms with Crippen LogP contribution in [-0.4, -0.2) is 23.4 Å². The number of nitrogens with zero attached hydrogens (tertiary/aromatic N) is 1. The fourth-order valence-electron chi connectivity index (χ4n) is 1.43. The lowest BCUT2D eigenvalue weighted by Gasteiger charge is -2.24. The van der Waals surface area contributed by atoms with Crippen molar-refractivity contribution < 1.29 is 8.42 Å². The lowest BCUT2D eigenvalue weighted by atomic mass is 10.2. The van der Waals surface area contributed by atoms with Crippen LogP contribution in [-0.2, 0) is 16.6 Å². The predicted molar refractivity (Wildman–Crippen MR) is 69.8 cm³/mol. The summed E-state index contributed by atoms with van der Waals surface area (Å²) in [5.41, 5.74) is 1.00. The first-order valence-electron chi connectivity index (χ1n) is 5.07. The highest BCUT2D eigenvalue weighted by molar-refractivity contribution is 9.10. The minimum atomic E-state index is -3.21. The van der Waals surface area contributed by atoms with Gasteiger partial charge >= 0.3 is 0 Å². The van der Waals surface area contributed by atoms with Crippen molar-refractivity contribution in [3.63, 3.8) is 0 Å². The molecule has 0 bridgehead atoms. The average Bonchev–Trinajstić information content (AvgIpc) is 2.26. The largest absolute Gasteiger partial charge is 0.224 e. The predicted octanol–water partition coefficient (Wildman–Crippen LogP) is 2.58. The molecule has 1 aromatic carbocycles. The van der Waals surface area contributed by atoms with E-state index in [9.17, 15) is 8.42 Å². The van der Waals surface area contributed by atoms with Gasteiger partial charge in [0.2, 0.25) is 10.0 Å². The van der Waals surface area contributed by atoms with Crippen LogP contribution in [0.4, 0.5) is 0 Å². The topological polar surface area (TPSA) is 37.4 Å². The molecule has 0 aliphatic heterocycles. The molecule has 0 aliphatic carbocycles. The van der Waals surface area contributed by atoms with E-state index in [1.807, 2.05) is 44.2 Å². The minimum Gasteiger partial charge on any atom is -0.211 e. The van der Waals surface area contributed by atoms with Crippen LogP contribution in [0.1, 0.15) is 19.4 Å². The van der Waals surface area contributed by atoms with Crippen molar-refractivity contribution in [1.82, 2.24) is 4.31 Å². The number of hydrogen-bond acceptors (Lipinski definition) is 2. The summed E-state index contributed by atoms with van der Waals surface area (Å²) in [4.78, 5) is 0. The molecule has 3 nitrogen and oxygen atoms in total. The molecule has 0 heterocycles. The van der Waals surface area contributed by atoms with Crippen molar-refractivity contribution >= 4 is 26.0 Å². The zero-order valence-electron chi connectivity index (χ0n) is 9.43. The number of sulfonamides is 1. The maximum atomic E-state index is 11.8. The quantitative estimate of drug-likeness (QED) is 0.784. The third kappa shape index (κ3) is 3.57.